The standard InChI is InChI=1S/C12H17N5O2/c1-7-5-8(2)17(11(18)14-7)6-9-15-10(16-19-9)12(3,4)13/h5H,6,13H2,1-4H3. The fourth-order valence-corrected chi connectivity index (χ4v) is 1.68. The van der Waals surface area contributed by atoms with Crippen LogP contribution in [0.2, 0.25) is 0 Å². The summed E-state index contributed by atoms with van der Waals surface area (Å²) in [6, 6.07) is 1.82. The first-order valence-electron chi connectivity index (χ1n) is 5.94. The third-order valence-corrected chi connectivity index (χ3v) is 2.68. The number of hydrogen-bond acceptors (Lipinski definition) is 6. The molecule has 0 atom stereocenters. The predicted octanol–water partition coefficient (Wildman–Crippen LogP) is 0.485. The maximum Gasteiger partial charge on any atom is 0.348 e. The van der Waals surface area contributed by atoms with Crippen molar-refractivity contribution in [2.75, 3.05) is 0 Å². The minimum Gasteiger partial charge on any atom is -0.337 e. The van der Waals surface area contributed by atoms with Gasteiger partial charge in [0, 0.05) is 11.4 Å². The number of nitrogens with two attached hydrogens (primary N) is 1. The summed E-state index contributed by atoms with van der Waals surface area (Å²) in [6.45, 7) is 7.38. The summed E-state index contributed by atoms with van der Waals surface area (Å²) in [6.07, 6.45) is 0. The second kappa shape index (κ2) is 4.58. The molecule has 0 radical (unpaired) electrons. The van der Waals surface area contributed by atoms with Gasteiger partial charge in [-0.3, -0.25) is 4.57 Å². The first-order chi connectivity index (χ1) is 8.77. The molecule has 2 aromatic rings. The Kier molecular flexibility index (Phi) is 3.23. The van der Waals surface area contributed by atoms with Gasteiger partial charge in [0.2, 0.25) is 5.89 Å². The third-order valence-electron chi connectivity index (χ3n) is 2.68. The van der Waals surface area contributed by atoms with Gasteiger partial charge in [0.25, 0.3) is 0 Å². The Hall–Kier alpha value is -2.02. The molecule has 0 amide bonds. The fourth-order valence-electron chi connectivity index (χ4n) is 1.68. The molecule has 0 aliphatic heterocycles. The molecule has 2 aromatic heterocycles. The molecule has 0 aromatic carbocycles. The summed E-state index contributed by atoms with van der Waals surface area (Å²) >= 11 is 0. The van der Waals surface area contributed by atoms with Gasteiger partial charge in [-0.25, -0.2) is 4.79 Å². The topological polar surface area (TPSA) is 99.8 Å². The van der Waals surface area contributed by atoms with Crippen LogP contribution in [0, 0.1) is 13.8 Å². The maximum absolute atomic E-state index is 11.8. The lowest BCUT2D eigenvalue weighted by Gasteiger charge is -2.11. The quantitative estimate of drug-likeness (QED) is 0.864. The van der Waals surface area contributed by atoms with Crippen molar-refractivity contribution in [3.05, 3.63) is 39.7 Å². The van der Waals surface area contributed by atoms with Crippen molar-refractivity contribution in [2.24, 2.45) is 5.73 Å². The van der Waals surface area contributed by atoms with Crippen molar-refractivity contribution in [3.8, 4) is 0 Å². The summed E-state index contributed by atoms with van der Waals surface area (Å²) in [5.41, 5.74) is 6.36. The minimum atomic E-state index is -0.673. The number of rotatable bonds is 3. The summed E-state index contributed by atoms with van der Waals surface area (Å²) in [4.78, 5) is 19.9. The molecule has 0 aliphatic carbocycles. The van der Waals surface area contributed by atoms with Crippen molar-refractivity contribution < 1.29 is 4.52 Å². The van der Waals surface area contributed by atoms with Crippen LogP contribution in [0.5, 0.6) is 0 Å². The van der Waals surface area contributed by atoms with Crippen LogP contribution in [-0.4, -0.2) is 19.7 Å². The molecule has 2 rings (SSSR count). The van der Waals surface area contributed by atoms with Crippen LogP contribution in [0.15, 0.2) is 15.4 Å². The molecular formula is C12H17N5O2. The van der Waals surface area contributed by atoms with Crippen molar-refractivity contribution in [1.82, 2.24) is 19.7 Å². The van der Waals surface area contributed by atoms with Crippen LogP contribution < -0.4 is 11.4 Å². The van der Waals surface area contributed by atoms with E-state index in [0.717, 1.165) is 5.69 Å². The van der Waals surface area contributed by atoms with Gasteiger partial charge in [-0.05, 0) is 33.8 Å². The lowest BCUT2D eigenvalue weighted by atomic mass is 10.1. The highest BCUT2D eigenvalue weighted by Crippen LogP contribution is 2.13. The Morgan fingerprint density at radius 1 is 1.37 bits per heavy atom. The van der Waals surface area contributed by atoms with Gasteiger partial charge in [-0.15, -0.1) is 0 Å². The number of aromatic nitrogens is 4. The van der Waals surface area contributed by atoms with E-state index in [-0.39, 0.29) is 12.2 Å². The Morgan fingerprint density at radius 3 is 2.58 bits per heavy atom. The molecule has 0 aliphatic rings. The monoisotopic (exact) mass is 263 g/mol. The van der Waals surface area contributed by atoms with Crippen molar-refractivity contribution in [3.63, 3.8) is 0 Å². The lowest BCUT2D eigenvalue weighted by Crippen LogP contribution is -2.30. The molecule has 2 N–H and O–H groups in total. The van der Waals surface area contributed by atoms with E-state index in [1.54, 1.807) is 20.8 Å². The van der Waals surface area contributed by atoms with E-state index < -0.39 is 5.54 Å². The molecule has 19 heavy (non-hydrogen) atoms. The van der Waals surface area contributed by atoms with Gasteiger partial charge in [-0.2, -0.15) is 9.97 Å². The van der Waals surface area contributed by atoms with E-state index in [4.69, 9.17) is 10.3 Å². The molecule has 0 fully saturated rings. The summed E-state index contributed by atoms with van der Waals surface area (Å²) < 4.78 is 6.59. The lowest BCUT2D eigenvalue weighted by molar-refractivity contribution is 0.352. The van der Waals surface area contributed by atoms with E-state index >= 15 is 0 Å². The zero-order chi connectivity index (χ0) is 14.2. The van der Waals surface area contributed by atoms with Crippen LogP contribution in [-0.2, 0) is 12.1 Å². The number of hydrogen-bond donors (Lipinski definition) is 1. The second-order valence-corrected chi connectivity index (χ2v) is 5.14. The molecule has 0 saturated carbocycles. The fraction of sp³-hybridized carbons (Fsp3) is 0.500. The summed E-state index contributed by atoms with van der Waals surface area (Å²) in [7, 11) is 0. The SMILES string of the molecule is Cc1cc(C)n(Cc2nc(C(C)(C)N)no2)c(=O)n1. The molecular weight excluding hydrogens is 246 g/mol. The largest absolute Gasteiger partial charge is 0.348 e. The average molecular weight is 263 g/mol. The Balaban J connectivity index is 2.32. The van der Waals surface area contributed by atoms with Crippen LogP contribution in [0.4, 0.5) is 0 Å². The van der Waals surface area contributed by atoms with Crippen molar-refractivity contribution in [1.29, 1.82) is 0 Å². The first-order valence-corrected chi connectivity index (χ1v) is 5.94. The first kappa shape index (κ1) is 13.4. The van der Waals surface area contributed by atoms with Crippen molar-refractivity contribution in [2.45, 2.75) is 39.8 Å². The van der Waals surface area contributed by atoms with Gasteiger partial charge >= 0.3 is 5.69 Å². The molecule has 102 valence electrons. The Labute approximate surface area is 110 Å². The summed E-state index contributed by atoms with van der Waals surface area (Å²) in [5, 5.41) is 3.81. The van der Waals surface area contributed by atoms with E-state index in [9.17, 15) is 4.79 Å². The molecule has 2 heterocycles. The number of nitrogens with zero attached hydrogens (tertiary/aromatic N) is 4. The predicted molar refractivity (Wildman–Crippen MR) is 68.6 cm³/mol. The number of aryl methyl sites for hydroxylation is 2. The highest BCUT2D eigenvalue weighted by atomic mass is 16.5. The highest BCUT2D eigenvalue weighted by molar-refractivity contribution is 5.08. The van der Waals surface area contributed by atoms with Gasteiger partial charge in [0.1, 0.15) is 6.54 Å². The van der Waals surface area contributed by atoms with Gasteiger partial charge in [-0.1, -0.05) is 5.16 Å². The average Bonchev–Trinajstić information content (AvgIpc) is 2.71. The van der Waals surface area contributed by atoms with Gasteiger partial charge in [0.05, 0.1) is 5.54 Å². The van der Waals surface area contributed by atoms with Crippen LogP contribution in [0.3, 0.4) is 0 Å². The Morgan fingerprint density at radius 2 is 2.05 bits per heavy atom. The summed E-state index contributed by atoms with van der Waals surface area (Å²) in [5.74, 6) is 0.748. The van der Waals surface area contributed by atoms with E-state index in [2.05, 4.69) is 15.1 Å². The van der Waals surface area contributed by atoms with Gasteiger partial charge in [0.15, 0.2) is 5.82 Å². The van der Waals surface area contributed by atoms with E-state index in [1.807, 2.05) is 13.0 Å². The minimum absolute atomic E-state index is 0.195. The molecule has 7 nitrogen and oxygen atoms in total. The molecule has 0 saturated heterocycles. The van der Waals surface area contributed by atoms with Crippen LogP contribution >= 0.6 is 0 Å². The molecule has 0 spiro atoms. The zero-order valence-electron chi connectivity index (χ0n) is 11.5. The Bertz CT molecular complexity index is 651. The van der Waals surface area contributed by atoms with Crippen LogP contribution in [0.25, 0.3) is 0 Å². The van der Waals surface area contributed by atoms with Gasteiger partial charge < -0.3 is 10.3 Å². The molecule has 0 bridgehead atoms. The maximum atomic E-state index is 11.8. The second-order valence-electron chi connectivity index (χ2n) is 5.14. The molecule has 7 heteroatoms. The van der Waals surface area contributed by atoms with Crippen LogP contribution in [0.1, 0.15) is 37.0 Å². The third kappa shape index (κ3) is 2.87. The molecule has 0 unspecified atom stereocenters. The normalized spacial score (nSPS) is 11.8. The zero-order valence-corrected chi connectivity index (χ0v) is 11.5. The van der Waals surface area contributed by atoms with Crippen molar-refractivity contribution >= 4 is 0 Å². The highest BCUT2D eigenvalue weighted by Gasteiger charge is 2.21. The smallest absolute Gasteiger partial charge is 0.337 e. The van der Waals surface area contributed by atoms with E-state index in [0.29, 0.717) is 17.4 Å². The van der Waals surface area contributed by atoms with E-state index in [1.165, 1.54) is 4.57 Å².